The molecule has 4 heteroatoms. The first-order valence-electron chi connectivity index (χ1n) is 7.39. The molecule has 0 aliphatic carbocycles. The molecule has 2 atom stereocenters. The summed E-state index contributed by atoms with van der Waals surface area (Å²) in [6.45, 7) is 13.8. The molecule has 19 heavy (non-hydrogen) atoms. The largest absolute Gasteiger partial charge is 0.465 e. The predicted octanol–water partition coefficient (Wildman–Crippen LogP) is 2.76. The van der Waals surface area contributed by atoms with Crippen LogP contribution in [0.2, 0.25) is 0 Å². The van der Waals surface area contributed by atoms with E-state index in [4.69, 9.17) is 9.47 Å². The molecule has 0 spiro atoms. The lowest BCUT2D eigenvalue weighted by Gasteiger charge is -2.28. The number of rotatable bonds is 10. The third kappa shape index (κ3) is 7.53. The van der Waals surface area contributed by atoms with E-state index in [1.165, 1.54) is 0 Å². The average Bonchev–Trinajstić information content (AvgIpc) is 2.28. The maximum Gasteiger partial charge on any atom is 0.326 e. The molecule has 0 aliphatic rings. The van der Waals surface area contributed by atoms with Gasteiger partial charge in [-0.15, -0.1) is 0 Å². The average molecular weight is 273 g/mol. The Labute approximate surface area is 118 Å². The van der Waals surface area contributed by atoms with Crippen molar-refractivity contribution in [2.45, 2.75) is 66.0 Å². The van der Waals surface area contributed by atoms with Crippen LogP contribution in [0.5, 0.6) is 0 Å². The summed E-state index contributed by atoms with van der Waals surface area (Å²) in [5, 5.41) is 3.20. The first-order chi connectivity index (χ1) is 8.85. The second-order valence-electron chi connectivity index (χ2n) is 5.64. The quantitative estimate of drug-likeness (QED) is 0.622. The molecule has 0 rings (SSSR count). The second-order valence-corrected chi connectivity index (χ2v) is 5.64. The van der Waals surface area contributed by atoms with Crippen molar-refractivity contribution < 1.29 is 14.3 Å². The normalized spacial score (nSPS) is 16.2. The molecule has 0 aromatic rings. The molecule has 0 fully saturated rings. The van der Waals surface area contributed by atoms with Crippen LogP contribution in [0.3, 0.4) is 0 Å². The van der Waals surface area contributed by atoms with E-state index in [1.54, 1.807) is 0 Å². The van der Waals surface area contributed by atoms with E-state index in [1.807, 2.05) is 20.8 Å². The summed E-state index contributed by atoms with van der Waals surface area (Å²) < 4.78 is 10.9. The first kappa shape index (κ1) is 18.4. The number of hydrogen-bond donors (Lipinski definition) is 1. The minimum absolute atomic E-state index is 0.197. The van der Waals surface area contributed by atoms with E-state index in [-0.39, 0.29) is 12.1 Å². The van der Waals surface area contributed by atoms with Gasteiger partial charge in [-0.05, 0) is 46.1 Å². The van der Waals surface area contributed by atoms with Crippen molar-refractivity contribution in [1.29, 1.82) is 0 Å². The van der Waals surface area contributed by atoms with Gasteiger partial charge < -0.3 is 14.8 Å². The Kier molecular flexibility index (Phi) is 9.02. The Bertz CT molecular complexity index is 256. The van der Waals surface area contributed by atoms with Gasteiger partial charge in [0.25, 0.3) is 0 Å². The van der Waals surface area contributed by atoms with E-state index in [2.05, 4.69) is 26.1 Å². The highest BCUT2D eigenvalue weighted by atomic mass is 16.5. The van der Waals surface area contributed by atoms with Crippen molar-refractivity contribution in [1.82, 2.24) is 5.32 Å². The second kappa shape index (κ2) is 9.32. The molecule has 0 heterocycles. The van der Waals surface area contributed by atoms with Gasteiger partial charge in [0.2, 0.25) is 0 Å². The van der Waals surface area contributed by atoms with Crippen LogP contribution in [0.25, 0.3) is 0 Å². The monoisotopic (exact) mass is 273 g/mol. The van der Waals surface area contributed by atoms with Crippen molar-refractivity contribution in [2.24, 2.45) is 5.92 Å². The number of carbonyl (C=O) groups excluding carboxylic acids is 1. The van der Waals surface area contributed by atoms with Crippen molar-refractivity contribution in [3.63, 3.8) is 0 Å². The van der Waals surface area contributed by atoms with Gasteiger partial charge in [-0.1, -0.05) is 20.8 Å². The molecule has 1 N–H and O–H groups in total. The highest BCUT2D eigenvalue weighted by Crippen LogP contribution is 2.14. The van der Waals surface area contributed by atoms with Crippen LogP contribution in [-0.4, -0.2) is 37.4 Å². The van der Waals surface area contributed by atoms with Gasteiger partial charge >= 0.3 is 5.97 Å². The van der Waals surface area contributed by atoms with Gasteiger partial charge in [0, 0.05) is 6.61 Å². The zero-order chi connectivity index (χ0) is 14.9. The molecular weight excluding hydrogens is 242 g/mol. The number of carbonyl (C=O) groups is 1. The third-order valence-corrected chi connectivity index (χ3v) is 3.10. The highest BCUT2D eigenvalue weighted by molar-refractivity contribution is 5.80. The lowest BCUT2D eigenvalue weighted by Crippen LogP contribution is -2.51. The van der Waals surface area contributed by atoms with Crippen molar-refractivity contribution >= 4 is 5.97 Å². The van der Waals surface area contributed by atoms with Gasteiger partial charge in [-0.25, -0.2) is 0 Å². The third-order valence-electron chi connectivity index (χ3n) is 3.10. The number of ether oxygens (including phenoxy) is 2. The standard InChI is InChI=1S/C15H31NO3/c1-7-16-15(6,14(17)18-8-2)9-10-19-13(5)11-12(3)4/h12-13,16H,7-11H2,1-6H3. The maximum atomic E-state index is 12.0. The Hall–Kier alpha value is -0.610. The minimum Gasteiger partial charge on any atom is -0.465 e. The van der Waals surface area contributed by atoms with Gasteiger partial charge in [-0.3, -0.25) is 4.79 Å². The fourth-order valence-corrected chi connectivity index (χ4v) is 2.14. The summed E-state index contributed by atoms with van der Waals surface area (Å²) in [5.74, 6) is 0.428. The molecule has 0 radical (unpaired) electrons. The number of nitrogens with one attached hydrogen (secondary N) is 1. The van der Waals surface area contributed by atoms with Crippen LogP contribution in [0.1, 0.15) is 54.4 Å². The van der Waals surface area contributed by atoms with Crippen molar-refractivity contribution in [3.05, 3.63) is 0 Å². The molecule has 0 bridgehead atoms. The maximum absolute atomic E-state index is 12.0. The Morgan fingerprint density at radius 1 is 1.26 bits per heavy atom. The summed E-state index contributed by atoms with van der Waals surface area (Å²) in [4.78, 5) is 12.0. The van der Waals surface area contributed by atoms with Gasteiger partial charge in [0.1, 0.15) is 5.54 Å². The zero-order valence-corrected chi connectivity index (χ0v) is 13.4. The summed E-state index contributed by atoms with van der Waals surface area (Å²) >= 11 is 0. The van der Waals surface area contributed by atoms with Crippen molar-refractivity contribution in [3.8, 4) is 0 Å². The summed E-state index contributed by atoms with van der Waals surface area (Å²) in [7, 11) is 0. The smallest absolute Gasteiger partial charge is 0.326 e. The van der Waals surface area contributed by atoms with E-state index in [9.17, 15) is 4.79 Å². The summed E-state index contributed by atoms with van der Waals surface area (Å²) in [5.41, 5.74) is -0.650. The summed E-state index contributed by atoms with van der Waals surface area (Å²) in [6, 6.07) is 0. The molecule has 0 saturated carbocycles. The van der Waals surface area contributed by atoms with E-state index < -0.39 is 5.54 Å². The zero-order valence-electron chi connectivity index (χ0n) is 13.4. The molecular formula is C15H31NO3. The molecule has 0 aliphatic heterocycles. The molecule has 0 aromatic carbocycles. The number of esters is 1. The lowest BCUT2D eigenvalue weighted by atomic mass is 9.98. The fraction of sp³-hybridized carbons (Fsp3) is 0.933. The minimum atomic E-state index is -0.650. The highest BCUT2D eigenvalue weighted by Gasteiger charge is 2.33. The molecule has 2 unspecified atom stereocenters. The van der Waals surface area contributed by atoms with E-state index in [0.717, 1.165) is 13.0 Å². The molecule has 4 nitrogen and oxygen atoms in total. The molecule has 0 amide bonds. The van der Waals surface area contributed by atoms with Crippen LogP contribution in [-0.2, 0) is 14.3 Å². The van der Waals surface area contributed by atoms with Crippen molar-refractivity contribution in [2.75, 3.05) is 19.8 Å². The van der Waals surface area contributed by atoms with Gasteiger partial charge in [-0.2, -0.15) is 0 Å². The van der Waals surface area contributed by atoms with Crippen LogP contribution < -0.4 is 5.32 Å². The lowest BCUT2D eigenvalue weighted by molar-refractivity contribution is -0.151. The molecule has 114 valence electrons. The number of likely N-dealkylation sites (N-methyl/N-ethyl adjacent to an activating group) is 1. The molecule has 0 saturated heterocycles. The Balaban J connectivity index is 4.24. The number of hydrogen-bond acceptors (Lipinski definition) is 4. The van der Waals surface area contributed by atoms with Crippen LogP contribution in [0.15, 0.2) is 0 Å². The van der Waals surface area contributed by atoms with E-state index >= 15 is 0 Å². The predicted molar refractivity (Wildman–Crippen MR) is 78.2 cm³/mol. The van der Waals surface area contributed by atoms with Crippen LogP contribution >= 0.6 is 0 Å². The summed E-state index contributed by atoms with van der Waals surface area (Å²) in [6.07, 6.45) is 1.90. The Morgan fingerprint density at radius 3 is 2.37 bits per heavy atom. The van der Waals surface area contributed by atoms with Gasteiger partial charge in [0.15, 0.2) is 0 Å². The Morgan fingerprint density at radius 2 is 1.89 bits per heavy atom. The van der Waals surface area contributed by atoms with Crippen LogP contribution in [0.4, 0.5) is 0 Å². The topological polar surface area (TPSA) is 47.6 Å². The fourth-order valence-electron chi connectivity index (χ4n) is 2.14. The van der Waals surface area contributed by atoms with E-state index in [0.29, 0.717) is 25.6 Å². The SMILES string of the molecule is CCNC(C)(CCOC(C)CC(C)C)C(=O)OCC. The van der Waals surface area contributed by atoms with Crippen LogP contribution in [0, 0.1) is 5.92 Å². The van der Waals surface area contributed by atoms with Gasteiger partial charge in [0.05, 0.1) is 12.7 Å². The molecule has 0 aromatic heterocycles. The first-order valence-corrected chi connectivity index (χ1v) is 7.39.